The van der Waals surface area contributed by atoms with Crippen LogP contribution in [0, 0.1) is 5.82 Å². The molecule has 0 spiro atoms. The normalized spacial score (nSPS) is 11.3. The van der Waals surface area contributed by atoms with Gasteiger partial charge in [0.15, 0.2) is 5.96 Å². The Hall–Kier alpha value is -1.35. The van der Waals surface area contributed by atoms with Crippen molar-refractivity contribution in [2.45, 2.75) is 6.42 Å². The van der Waals surface area contributed by atoms with E-state index in [0.29, 0.717) is 13.2 Å². The first-order valence-electron chi connectivity index (χ1n) is 6.93. The fourth-order valence-corrected chi connectivity index (χ4v) is 2.17. The average Bonchev–Trinajstić information content (AvgIpc) is 2.88. The highest BCUT2D eigenvalue weighted by Gasteiger charge is 2.05. The van der Waals surface area contributed by atoms with Gasteiger partial charge in [0, 0.05) is 44.3 Å². The number of halogens is 2. The molecule has 1 aromatic carbocycles. The van der Waals surface area contributed by atoms with Gasteiger partial charge < -0.3 is 20.4 Å². The number of fused-ring (bicyclic) bond motifs is 1. The van der Waals surface area contributed by atoms with Crippen molar-refractivity contribution >= 4 is 40.8 Å². The van der Waals surface area contributed by atoms with Crippen molar-refractivity contribution in [2.24, 2.45) is 4.99 Å². The van der Waals surface area contributed by atoms with E-state index < -0.39 is 0 Å². The van der Waals surface area contributed by atoms with Crippen LogP contribution in [0.1, 0.15) is 5.56 Å². The summed E-state index contributed by atoms with van der Waals surface area (Å²) in [4.78, 5) is 7.23. The number of nitrogens with zero attached hydrogens (tertiary/aromatic N) is 1. The molecule has 0 saturated heterocycles. The molecule has 0 fully saturated rings. The molecule has 2 rings (SSSR count). The second-order valence-electron chi connectivity index (χ2n) is 4.67. The van der Waals surface area contributed by atoms with Crippen LogP contribution in [0.15, 0.2) is 29.4 Å². The molecule has 0 aliphatic heterocycles. The molecule has 0 aliphatic rings. The first-order chi connectivity index (χ1) is 10.2. The zero-order chi connectivity index (χ0) is 15.1. The summed E-state index contributed by atoms with van der Waals surface area (Å²) in [5, 5.41) is 7.45. The lowest BCUT2D eigenvalue weighted by atomic mass is 10.1. The molecule has 0 unspecified atom stereocenters. The summed E-state index contributed by atoms with van der Waals surface area (Å²) in [7, 11) is 3.40. The summed E-state index contributed by atoms with van der Waals surface area (Å²) in [6, 6.07) is 4.80. The summed E-state index contributed by atoms with van der Waals surface area (Å²) >= 11 is 0. The molecular formula is C15H22FIN4O. The van der Waals surface area contributed by atoms with E-state index in [1.165, 1.54) is 12.1 Å². The Morgan fingerprint density at radius 3 is 2.82 bits per heavy atom. The summed E-state index contributed by atoms with van der Waals surface area (Å²) in [5.74, 6) is 0.523. The fourth-order valence-electron chi connectivity index (χ4n) is 2.17. The van der Waals surface area contributed by atoms with E-state index in [-0.39, 0.29) is 29.8 Å². The SMILES string of the molecule is CN=C(NCCOC)NCCc1c[nH]c2cc(F)ccc12.I. The summed E-state index contributed by atoms with van der Waals surface area (Å²) < 4.78 is 18.1. The molecule has 2 aromatic rings. The van der Waals surface area contributed by atoms with Crippen LogP contribution in [0.25, 0.3) is 10.9 Å². The molecule has 0 radical (unpaired) electrons. The van der Waals surface area contributed by atoms with Crippen molar-refractivity contribution in [3.63, 3.8) is 0 Å². The summed E-state index contributed by atoms with van der Waals surface area (Å²) in [6.45, 7) is 2.09. The molecule has 0 aliphatic carbocycles. The number of hydrogen-bond donors (Lipinski definition) is 3. The number of aliphatic imine (C=N–C) groups is 1. The van der Waals surface area contributed by atoms with Gasteiger partial charge in [0.05, 0.1) is 6.61 Å². The number of nitrogens with one attached hydrogen (secondary N) is 3. The van der Waals surface area contributed by atoms with Gasteiger partial charge in [0.25, 0.3) is 0 Å². The second kappa shape index (κ2) is 9.62. The largest absolute Gasteiger partial charge is 0.383 e. The Morgan fingerprint density at radius 2 is 2.09 bits per heavy atom. The van der Waals surface area contributed by atoms with Crippen molar-refractivity contribution < 1.29 is 9.13 Å². The number of rotatable bonds is 6. The minimum atomic E-state index is -0.225. The molecule has 122 valence electrons. The minimum absolute atomic E-state index is 0. The zero-order valence-electron chi connectivity index (χ0n) is 12.8. The first kappa shape index (κ1) is 18.7. The Balaban J connectivity index is 0.00000242. The van der Waals surface area contributed by atoms with Crippen molar-refractivity contribution in [3.8, 4) is 0 Å². The van der Waals surface area contributed by atoms with E-state index in [9.17, 15) is 4.39 Å². The Morgan fingerprint density at radius 1 is 1.32 bits per heavy atom. The lowest BCUT2D eigenvalue weighted by Gasteiger charge is -2.11. The number of ether oxygens (including phenoxy) is 1. The Labute approximate surface area is 146 Å². The van der Waals surface area contributed by atoms with Crippen LogP contribution in [0.5, 0.6) is 0 Å². The smallest absolute Gasteiger partial charge is 0.191 e. The molecule has 5 nitrogen and oxygen atoms in total. The third-order valence-corrected chi connectivity index (χ3v) is 3.24. The van der Waals surface area contributed by atoms with E-state index >= 15 is 0 Å². The van der Waals surface area contributed by atoms with Crippen molar-refractivity contribution in [2.75, 3.05) is 33.9 Å². The van der Waals surface area contributed by atoms with Gasteiger partial charge in [-0.15, -0.1) is 24.0 Å². The van der Waals surface area contributed by atoms with Crippen LogP contribution in [0.2, 0.25) is 0 Å². The molecule has 0 bridgehead atoms. The number of benzene rings is 1. The highest BCUT2D eigenvalue weighted by molar-refractivity contribution is 14.0. The van der Waals surface area contributed by atoms with Crippen molar-refractivity contribution in [1.82, 2.24) is 15.6 Å². The number of hydrogen-bond acceptors (Lipinski definition) is 2. The van der Waals surface area contributed by atoms with Crippen LogP contribution in [-0.2, 0) is 11.2 Å². The molecular weight excluding hydrogens is 398 g/mol. The van der Waals surface area contributed by atoms with E-state index in [4.69, 9.17) is 4.74 Å². The van der Waals surface area contributed by atoms with Gasteiger partial charge in [-0.3, -0.25) is 4.99 Å². The van der Waals surface area contributed by atoms with Gasteiger partial charge in [-0.2, -0.15) is 0 Å². The zero-order valence-corrected chi connectivity index (χ0v) is 15.1. The maximum absolute atomic E-state index is 13.1. The van der Waals surface area contributed by atoms with Gasteiger partial charge in [-0.1, -0.05) is 0 Å². The standard InChI is InChI=1S/C15H21FN4O.HI/c1-17-15(19-7-8-21-2)18-6-5-11-10-20-14-9-12(16)3-4-13(11)14;/h3-4,9-10,20H,5-8H2,1-2H3,(H2,17,18,19);1H. The maximum atomic E-state index is 13.1. The third kappa shape index (κ3) is 5.13. The Bertz CT molecular complexity index is 615. The van der Waals surface area contributed by atoms with Gasteiger partial charge >= 0.3 is 0 Å². The molecule has 22 heavy (non-hydrogen) atoms. The number of H-pyrrole nitrogens is 1. The van der Waals surface area contributed by atoms with E-state index in [1.54, 1.807) is 14.2 Å². The highest BCUT2D eigenvalue weighted by atomic mass is 127. The van der Waals surface area contributed by atoms with E-state index in [1.807, 2.05) is 12.3 Å². The summed E-state index contributed by atoms with van der Waals surface area (Å²) in [5.41, 5.74) is 1.98. The molecule has 1 aromatic heterocycles. The molecule has 0 atom stereocenters. The maximum Gasteiger partial charge on any atom is 0.191 e. The van der Waals surface area contributed by atoms with Gasteiger partial charge in [-0.05, 0) is 30.2 Å². The lowest BCUT2D eigenvalue weighted by molar-refractivity contribution is 0.203. The predicted molar refractivity (Wildman–Crippen MR) is 98.6 cm³/mol. The number of guanidine groups is 1. The van der Waals surface area contributed by atoms with Crippen LogP contribution in [-0.4, -0.2) is 44.8 Å². The van der Waals surface area contributed by atoms with Gasteiger partial charge in [-0.25, -0.2) is 4.39 Å². The number of aromatic amines is 1. The molecule has 1 heterocycles. The predicted octanol–water partition coefficient (Wildman–Crippen LogP) is 2.28. The molecule has 7 heteroatoms. The first-order valence-corrected chi connectivity index (χ1v) is 6.93. The highest BCUT2D eigenvalue weighted by Crippen LogP contribution is 2.19. The van der Waals surface area contributed by atoms with Crippen molar-refractivity contribution in [1.29, 1.82) is 0 Å². The van der Waals surface area contributed by atoms with Crippen LogP contribution < -0.4 is 10.6 Å². The number of methoxy groups -OCH3 is 1. The quantitative estimate of drug-likeness (QED) is 0.291. The van der Waals surface area contributed by atoms with E-state index in [2.05, 4.69) is 20.6 Å². The van der Waals surface area contributed by atoms with Crippen LogP contribution in [0.4, 0.5) is 4.39 Å². The fraction of sp³-hybridized carbons (Fsp3) is 0.400. The minimum Gasteiger partial charge on any atom is -0.383 e. The number of aromatic nitrogens is 1. The van der Waals surface area contributed by atoms with Crippen LogP contribution >= 0.6 is 24.0 Å². The monoisotopic (exact) mass is 420 g/mol. The second-order valence-corrected chi connectivity index (χ2v) is 4.67. The van der Waals surface area contributed by atoms with E-state index in [0.717, 1.165) is 35.4 Å². The molecule has 3 N–H and O–H groups in total. The van der Waals surface area contributed by atoms with Gasteiger partial charge in [0.2, 0.25) is 0 Å². The lowest BCUT2D eigenvalue weighted by Crippen LogP contribution is -2.39. The Kier molecular flexibility index (Phi) is 8.18. The third-order valence-electron chi connectivity index (χ3n) is 3.24. The molecule has 0 saturated carbocycles. The van der Waals surface area contributed by atoms with Gasteiger partial charge in [0.1, 0.15) is 5.82 Å². The molecule has 0 amide bonds. The topological polar surface area (TPSA) is 61.4 Å². The van der Waals surface area contributed by atoms with Crippen LogP contribution in [0.3, 0.4) is 0 Å². The summed E-state index contributed by atoms with van der Waals surface area (Å²) in [6.07, 6.45) is 2.75. The average molecular weight is 420 g/mol. The van der Waals surface area contributed by atoms with Crippen molar-refractivity contribution in [3.05, 3.63) is 35.8 Å².